The van der Waals surface area contributed by atoms with Crippen LogP contribution in [0.5, 0.6) is 0 Å². The molecule has 0 aliphatic rings. The summed E-state index contributed by atoms with van der Waals surface area (Å²) in [4.78, 5) is 13.7. The number of nitrogens with zero attached hydrogens (tertiary/aromatic N) is 1. The van der Waals surface area contributed by atoms with Gasteiger partial charge >= 0.3 is 5.97 Å². The van der Waals surface area contributed by atoms with Crippen molar-refractivity contribution in [1.29, 1.82) is 0 Å². The van der Waals surface area contributed by atoms with E-state index in [9.17, 15) is 4.79 Å². The SMILES string of the molecule is CCC(CN(C)CCc1ccc(C)cc1)C(=O)OC. The highest BCUT2D eigenvalue weighted by Crippen LogP contribution is 2.09. The summed E-state index contributed by atoms with van der Waals surface area (Å²) in [6, 6.07) is 8.61. The van der Waals surface area contributed by atoms with Gasteiger partial charge in [-0.3, -0.25) is 4.79 Å². The predicted molar refractivity (Wildman–Crippen MR) is 78.2 cm³/mol. The molecule has 0 N–H and O–H groups in total. The second kappa shape index (κ2) is 7.95. The number of benzene rings is 1. The number of carbonyl (C=O) groups excluding carboxylic acids is 1. The van der Waals surface area contributed by atoms with Crippen LogP contribution >= 0.6 is 0 Å². The van der Waals surface area contributed by atoms with Crippen molar-refractivity contribution in [3.05, 3.63) is 35.4 Å². The first kappa shape index (κ1) is 15.7. The Labute approximate surface area is 116 Å². The van der Waals surface area contributed by atoms with E-state index in [0.717, 1.165) is 25.9 Å². The summed E-state index contributed by atoms with van der Waals surface area (Å²) in [5.41, 5.74) is 2.62. The number of rotatable bonds is 7. The van der Waals surface area contributed by atoms with Crippen molar-refractivity contribution in [2.75, 3.05) is 27.2 Å². The van der Waals surface area contributed by atoms with Crippen molar-refractivity contribution in [3.8, 4) is 0 Å². The number of methoxy groups -OCH3 is 1. The second-order valence-corrected chi connectivity index (χ2v) is 5.13. The molecule has 0 saturated heterocycles. The van der Waals surface area contributed by atoms with Gasteiger partial charge in [-0.15, -0.1) is 0 Å². The van der Waals surface area contributed by atoms with Crippen molar-refractivity contribution in [1.82, 2.24) is 4.90 Å². The van der Waals surface area contributed by atoms with Gasteiger partial charge in [0.25, 0.3) is 0 Å². The Kier molecular flexibility index (Phi) is 6.57. The van der Waals surface area contributed by atoms with Gasteiger partial charge in [0.1, 0.15) is 0 Å². The smallest absolute Gasteiger partial charge is 0.309 e. The first-order valence-corrected chi connectivity index (χ1v) is 6.88. The van der Waals surface area contributed by atoms with Crippen molar-refractivity contribution in [3.63, 3.8) is 0 Å². The molecule has 0 radical (unpaired) electrons. The molecule has 0 amide bonds. The van der Waals surface area contributed by atoms with E-state index in [4.69, 9.17) is 4.74 Å². The van der Waals surface area contributed by atoms with Gasteiger partial charge in [0, 0.05) is 13.1 Å². The largest absolute Gasteiger partial charge is 0.469 e. The van der Waals surface area contributed by atoms with E-state index in [1.807, 2.05) is 6.92 Å². The van der Waals surface area contributed by atoms with Crippen LogP contribution in [0.2, 0.25) is 0 Å². The van der Waals surface area contributed by atoms with Gasteiger partial charge in [-0.2, -0.15) is 0 Å². The van der Waals surface area contributed by atoms with Crippen molar-refractivity contribution in [2.24, 2.45) is 5.92 Å². The summed E-state index contributed by atoms with van der Waals surface area (Å²) in [7, 11) is 3.51. The number of hydrogen-bond acceptors (Lipinski definition) is 3. The minimum Gasteiger partial charge on any atom is -0.469 e. The third-order valence-electron chi connectivity index (χ3n) is 3.46. The Hall–Kier alpha value is -1.35. The van der Waals surface area contributed by atoms with E-state index >= 15 is 0 Å². The third kappa shape index (κ3) is 5.43. The lowest BCUT2D eigenvalue weighted by Gasteiger charge is -2.21. The van der Waals surface area contributed by atoms with E-state index in [1.165, 1.54) is 18.2 Å². The maximum atomic E-state index is 11.5. The normalized spacial score (nSPS) is 12.5. The number of carbonyl (C=O) groups is 1. The Balaban J connectivity index is 2.40. The molecule has 0 aliphatic heterocycles. The van der Waals surface area contributed by atoms with Gasteiger partial charge < -0.3 is 9.64 Å². The Bertz CT molecular complexity index is 386. The first-order valence-electron chi connectivity index (χ1n) is 6.88. The Morgan fingerprint density at radius 1 is 1.32 bits per heavy atom. The predicted octanol–water partition coefficient (Wildman–Crippen LogP) is 2.67. The van der Waals surface area contributed by atoms with Crippen LogP contribution in [0.25, 0.3) is 0 Å². The minimum absolute atomic E-state index is 0.0204. The van der Waals surface area contributed by atoms with Gasteiger partial charge in [0.05, 0.1) is 13.0 Å². The summed E-state index contributed by atoms with van der Waals surface area (Å²) in [6.07, 6.45) is 1.83. The van der Waals surface area contributed by atoms with E-state index in [-0.39, 0.29) is 11.9 Å². The monoisotopic (exact) mass is 263 g/mol. The minimum atomic E-state index is -0.107. The number of ether oxygens (including phenoxy) is 1. The van der Waals surface area contributed by atoms with E-state index < -0.39 is 0 Å². The van der Waals surface area contributed by atoms with Crippen molar-refractivity contribution < 1.29 is 9.53 Å². The van der Waals surface area contributed by atoms with E-state index in [2.05, 4.69) is 43.1 Å². The summed E-state index contributed by atoms with van der Waals surface area (Å²) < 4.78 is 4.81. The number of likely N-dealkylation sites (N-methyl/N-ethyl adjacent to an activating group) is 1. The number of aryl methyl sites for hydroxylation is 1. The quantitative estimate of drug-likeness (QED) is 0.708. The number of hydrogen-bond donors (Lipinski definition) is 0. The molecule has 0 spiro atoms. The zero-order valence-electron chi connectivity index (χ0n) is 12.5. The Morgan fingerprint density at radius 2 is 1.95 bits per heavy atom. The van der Waals surface area contributed by atoms with E-state index in [1.54, 1.807) is 0 Å². The molecule has 0 bridgehead atoms. The second-order valence-electron chi connectivity index (χ2n) is 5.13. The molecule has 3 heteroatoms. The summed E-state index contributed by atoms with van der Waals surface area (Å²) in [6.45, 7) is 5.83. The van der Waals surface area contributed by atoms with Gasteiger partial charge in [0.2, 0.25) is 0 Å². The van der Waals surface area contributed by atoms with Crippen LogP contribution < -0.4 is 0 Å². The highest BCUT2D eigenvalue weighted by molar-refractivity contribution is 5.72. The summed E-state index contributed by atoms with van der Waals surface area (Å²) in [5.74, 6) is -0.127. The van der Waals surface area contributed by atoms with Crippen LogP contribution in [0.1, 0.15) is 24.5 Å². The van der Waals surface area contributed by atoms with Crippen LogP contribution in [-0.4, -0.2) is 38.1 Å². The molecule has 3 nitrogen and oxygen atoms in total. The van der Waals surface area contributed by atoms with Crippen LogP contribution in [-0.2, 0) is 16.0 Å². The maximum Gasteiger partial charge on any atom is 0.309 e. The summed E-state index contributed by atoms with van der Waals surface area (Å²) in [5, 5.41) is 0. The summed E-state index contributed by atoms with van der Waals surface area (Å²) >= 11 is 0. The number of esters is 1. The highest BCUT2D eigenvalue weighted by atomic mass is 16.5. The highest BCUT2D eigenvalue weighted by Gasteiger charge is 2.18. The molecule has 0 heterocycles. The van der Waals surface area contributed by atoms with Crippen LogP contribution in [0.3, 0.4) is 0 Å². The molecule has 1 rings (SSSR count). The van der Waals surface area contributed by atoms with Crippen LogP contribution in [0.4, 0.5) is 0 Å². The molecule has 1 unspecified atom stereocenters. The molecule has 0 fully saturated rings. The van der Waals surface area contributed by atoms with Crippen molar-refractivity contribution in [2.45, 2.75) is 26.7 Å². The lowest BCUT2D eigenvalue weighted by Crippen LogP contribution is -2.32. The van der Waals surface area contributed by atoms with Crippen LogP contribution in [0.15, 0.2) is 24.3 Å². The molecule has 19 heavy (non-hydrogen) atoms. The van der Waals surface area contributed by atoms with Crippen LogP contribution in [0, 0.1) is 12.8 Å². The third-order valence-corrected chi connectivity index (χ3v) is 3.46. The first-order chi connectivity index (χ1) is 9.06. The lowest BCUT2D eigenvalue weighted by atomic mass is 10.1. The van der Waals surface area contributed by atoms with E-state index in [0.29, 0.717) is 0 Å². The molecule has 0 aromatic heterocycles. The standard InChI is InChI=1S/C16H25NO2/c1-5-15(16(18)19-4)12-17(3)11-10-14-8-6-13(2)7-9-14/h6-9,15H,5,10-12H2,1-4H3. The molecular weight excluding hydrogens is 238 g/mol. The molecule has 1 atom stereocenters. The lowest BCUT2D eigenvalue weighted by molar-refractivity contribution is -0.146. The van der Waals surface area contributed by atoms with Gasteiger partial charge in [-0.25, -0.2) is 0 Å². The molecule has 106 valence electrons. The van der Waals surface area contributed by atoms with Gasteiger partial charge in [0.15, 0.2) is 0 Å². The topological polar surface area (TPSA) is 29.5 Å². The average Bonchev–Trinajstić information content (AvgIpc) is 2.43. The molecule has 1 aromatic carbocycles. The van der Waals surface area contributed by atoms with Crippen molar-refractivity contribution >= 4 is 5.97 Å². The zero-order valence-corrected chi connectivity index (χ0v) is 12.5. The fourth-order valence-electron chi connectivity index (χ4n) is 2.08. The fourth-order valence-corrected chi connectivity index (χ4v) is 2.08. The molecule has 0 saturated carbocycles. The maximum absolute atomic E-state index is 11.5. The van der Waals surface area contributed by atoms with Gasteiger partial charge in [-0.05, 0) is 32.4 Å². The average molecular weight is 263 g/mol. The zero-order chi connectivity index (χ0) is 14.3. The Morgan fingerprint density at radius 3 is 2.47 bits per heavy atom. The fraction of sp³-hybridized carbons (Fsp3) is 0.562. The van der Waals surface area contributed by atoms with Gasteiger partial charge in [-0.1, -0.05) is 36.8 Å². The molecule has 0 aliphatic carbocycles. The molecule has 1 aromatic rings. The molecular formula is C16H25NO2.